The summed E-state index contributed by atoms with van der Waals surface area (Å²) >= 11 is 0. The maximum Gasteiger partial charge on any atom is 0.326 e. The molecule has 2 aromatic rings. The first-order valence-electron chi connectivity index (χ1n) is 7.11. The molecule has 102 valence electrons. The van der Waals surface area contributed by atoms with Crippen LogP contribution in [-0.2, 0) is 6.42 Å². The van der Waals surface area contributed by atoms with Crippen LogP contribution in [0.5, 0.6) is 0 Å². The van der Waals surface area contributed by atoms with Crippen LogP contribution in [-0.4, -0.2) is 22.1 Å². The summed E-state index contributed by atoms with van der Waals surface area (Å²) in [4.78, 5) is 14.9. The van der Waals surface area contributed by atoms with Crippen LogP contribution in [0.25, 0.3) is 11.0 Å². The zero-order chi connectivity index (χ0) is 13.4. The van der Waals surface area contributed by atoms with Crippen LogP contribution in [0.1, 0.15) is 38.3 Å². The predicted octanol–water partition coefficient (Wildman–Crippen LogP) is 2.21. The molecule has 4 heteroatoms. The molecule has 19 heavy (non-hydrogen) atoms. The summed E-state index contributed by atoms with van der Waals surface area (Å²) < 4.78 is 1.81. The molecule has 2 N–H and O–H groups in total. The third kappa shape index (κ3) is 2.32. The number of rotatable bonds is 3. The monoisotopic (exact) mass is 259 g/mol. The summed E-state index contributed by atoms with van der Waals surface area (Å²) in [5.74, 6) is 0. The van der Waals surface area contributed by atoms with Crippen molar-refractivity contribution in [3.8, 4) is 0 Å². The number of hydrogen-bond donors (Lipinski definition) is 2. The number of hydrogen-bond acceptors (Lipinski definition) is 2. The molecule has 0 aliphatic carbocycles. The fourth-order valence-corrected chi connectivity index (χ4v) is 3.03. The highest BCUT2D eigenvalue weighted by atomic mass is 16.1. The van der Waals surface area contributed by atoms with Crippen molar-refractivity contribution in [3.63, 3.8) is 0 Å². The van der Waals surface area contributed by atoms with E-state index in [4.69, 9.17) is 0 Å². The largest absolute Gasteiger partial charge is 0.326 e. The van der Waals surface area contributed by atoms with E-state index in [2.05, 4.69) is 28.5 Å². The molecule has 0 bridgehead atoms. The molecule has 1 unspecified atom stereocenters. The van der Waals surface area contributed by atoms with E-state index in [1.54, 1.807) is 0 Å². The van der Waals surface area contributed by atoms with Crippen molar-refractivity contribution in [1.29, 1.82) is 0 Å². The van der Waals surface area contributed by atoms with Crippen LogP contribution in [0.15, 0.2) is 23.0 Å². The molecule has 0 spiro atoms. The molecule has 2 heterocycles. The fourth-order valence-electron chi connectivity index (χ4n) is 3.03. The highest BCUT2D eigenvalue weighted by Crippen LogP contribution is 2.19. The van der Waals surface area contributed by atoms with Crippen LogP contribution < -0.4 is 11.0 Å². The van der Waals surface area contributed by atoms with E-state index in [0.717, 1.165) is 24.0 Å². The zero-order valence-electron chi connectivity index (χ0n) is 11.6. The first-order chi connectivity index (χ1) is 9.15. The summed E-state index contributed by atoms with van der Waals surface area (Å²) in [6.07, 6.45) is 3.57. The van der Waals surface area contributed by atoms with Crippen molar-refractivity contribution in [3.05, 3.63) is 34.2 Å². The Hall–Kier alpha value is -1.55. The van der Waals surface area contributed by atoms with E-state index >= 15 is 0 Å². The molecule has 1 atom stereocenters. The van der Waals surface area contributed by atoms with Crippen LogP contribution in [0.3, 0.4) is 0 Å². The van der Waals surface area contributed by atoms with Gasteiger partial charge in [0.25, 0.3) is 0 Å². The summed E-state index contributed by atoms with van der Waals surface area (Å²) in [5, 5.41) is 3.51. The summed E-state index contributed by atoms with van der Waals surface area (Å²) in [5.41, 5.74) is 3.24. The molecule has 0 amide bonds. The number of fused-ring (bicyclic) bond motifs is 1. The van der Waals surface area contributed by atoms with E-state index in [-0.39, 0.29) is 11.7 Å². The lowest BCUT2D eigenvalue weighted by atomic mass is 10.0. The second kappa shape index (κ2) is 4.85. The first kappa shape index (κ1) is 12.5. The number of imidazole rings is 1. The van der Waals surface area contributed by atoms with Crippen LogP contribution >= 0.6 is 0 Å². The zero-order valence-corrected chi connectivity index (χ0v) is 11.6. The summed E-state index contributed by atoms with van der Waals surface area (Å²) in [6, 6.07) is 7.11. The van der Waals surface area contributed by atoms with Gasteiger partial charge in [-0.2, -0.15) is 0 Å². The minimum atomic E-state index is -0.0128. The van der Waals surface area contributed by atoms with Gasteiger partial charge in [-0.1, -0.05) is 6.07 Å². The minimum absolute atomic E-state index is 0.0128. The predicted molar refractivity (Wildman–Crippen MR) is 77.7 cm³/mol. The quantitative estimate of drug-likeness (QED) is 0.888. The molecule has 1 aliphatic heterocycles. The van der Waals surface area contributed by atoms with E-state index in [1.165, 1.54) is 18.4 Å². The molecule has 1 aromatic heterocycles. The molecule has 1 fully saturated rings. The number of benzene rings is 1. The van der Waals surface area contributed by atoms with Crippen LogP contribution in [0.4, 0.5) is 0 Å². The Morgan fingerprint density at radius 3 is 2.95 bits per heavy atom. The number of aromatic amines is 1. The van der Waals surface area contributed by atoms with Crippen molar-refractivity contribution in [2.75, 3.05) is 6.54 Å². The van der Waals surface area contributed by atoms with Crippen LogP contribution in [0, 0.1) is 0 Å². The number of aromatic nitrogens is 2. The summed E-state index contributed by atoms with van der Waals surface area (Å²) in [7, 11) is 0. The Balaban J connectivity index is 1.95. The van der Waals surface area contributed by atoms with Gasteiger partial charge < -0.3 is 10.3 Å². The second-order valence-electron chi connectivity index (χ2n) is 5.74. The van der Waals surface area contributed by atoms with E-state index in [0.29, 0.717) is 6.04 Å². The Kier molecular flexibility index (Phi) is 3.19. The van der Waals surface area contributed by atoms with Crippen molar-refractivity contribution in [2.24, 2.45) is 0 Å². The number of nitrogens with zero attached hydrogens (tertiary/aromatic N) is 1. The Morgan fingerprint density at radius 2 is 2.26 bits per heavy atom. The highest BCUT2D eigenvalue weighted by Gasteiger charge is 2.15. The van der Waals surface area contributed by atoms with E-state index in [9.17, 15) is 4.79 Å². The van der Waals surface area contributed by atoms with E-state index in [1.807, 2.05) is 18.4 Å². The van der Waals surface area contributed by atoms with Crippen LogP contribution in [0.2, 0.25) is 0 Å². The van der Waals surface area contributed by atoms with Gasteiger partial charge >= 0.3 is 5.69 Å². The standard InChI is InChI=1S/C15H21N3O/c1-10(2)18-14-6-5-11(8-12-4-3-7-16-12)9-13(14)17-15(18)19/h5-6,9-10,12,16H,3-4,7-8H2,1-2H3,(H,17,19). The molecule has 1 saturated heterocycles. The number of nitrogens with one attached hydrogen (secondary N) is 2. The van der Waals surface area contributed by atoms with E-state index < -0.39 is 0 Å². The highest BCUT2D eigenvalue weighted by molar-refractivity contribution is 5.76. The maximum absolute atomic E-state index is 11.9. The lowest BCUT2D eigenvalue weighted by Crippen LogP contribution is -2.23. The average Bonchev–Trinajstić information content (AvgIpc) is 2.94. The SMILES string of the molecule is CC(C)n1c(=O)[nH]c2cc(CC3CCCN3)ccc21. The third-order valence-electron chi connectivity index (χ3n) is 3.94. The van der Waals surface area contributed by atoms with Gasteiger partial charge in [-0.15, -0.1) is 0 Å². The molecule has 0 radical (unpaired) electrons. The first-order valence-corrected chi connectivity index (χ1v) is 7.11. The molecule has 1 aromatic carbocycles. The lowest BCUT2D eigenvalue weighted by molar-refractivity contribution is 0.597. The van der Waals surface area contributed by atoms with Crippen molar-refractivity contribution >= 4 is 11.0 Å². The Bertz CT molecular complexity index is 632. The Labute approximate surface area is 112 Å². The smallest absolute Gasteiger partial charge is 0.314 e. The van der Waals surface area contributed by atoms with Crippen molar-refractivity contribution < 1.29 is 0 Å². The van der Waals surface area contributed by atoms with Crippen molar-refractivity contribution in [1.82, 2.24) is 14.9 Å². The minimum Gasteiger partial charge on any atom is -0.314 e. The molecule has 1 aliphatic rings. The third-order valence-corrected chi connectivity index (χ3v) is 3.94. The molecule has 3 rings (SSSR count). The molecular weight excluding hydrogens is 238 g/mol. The van der Waals surface area contributed by atoms with Gasteiger partial charge in [0.1, 0.15) is 0 Å². The molecular formula is C15H21N3O. The summed E-state index contributed by atoms with van der Waals surface area (Å²) in [6.45, 7) is 5.20. The van der Waals surface area contributed by atoms with Gasteiger partial charge in [0, 0.05) is 12.1 Å². The Morgan fingerprint density at radius 1 is 1.42 bits per heavy atom. The maximum atomic E-state index is 11.9. The van der Waals surface area contributed by atoms with Gasteiger partial charge in [-0.05, 0) is 57.4 Å². The lowest BCUT2D eigenvalue weighted by Gasteiger charge is -2.11. The normalized spacial score (nSPS) is 19.6. The van der Waals surface area contributed by atoms with Gasteiger partial charge in [-0.25, -0.2) is 4.79 Å². The van der Waals surface area contributed by atoms with Gasteiger partial charge in [0.2, 0.25) is 0 Å². The second-order valence-corrected chi connectivity index (χ2v) is 5.74. The fraction of sp³-hybridized carbons (Fsp3) is 0.533. The average molecular weight is 259 g/mol. The molecule has 0 saturated carbocycles. The topological polar surface area (TPSA) is 49.8 Å². The molecule has 4 nitrogen and oxygen atoms in total. The van der Waals surface area contributed by atoms with Gasteiger partial charge in [0.05, 0.1) is 11.0 Å². The van der Waals surface area contributed by atoms with Gasteiger partial charge in [0.15, 0.2) is 0 Å². The van der Waals surface area contributed by atoms with Gasteiger partial charge in [-0.3, -0.25) is 4.57 Å². The van der Waals surface area contributed by atoms with Crippen molar-refractivity contribution in [2.45, 2.75) is 45.2 Å². The number of H-pyrrole nitrogens is 1.